The SMILES string of the molecule is C[Si](C)(C)[N-][Si](C)(C)C.Cl.Cl.[Zr]. The third kappa shape index (κ3) is 22.6. The summed E-state index contributed by atoms with van der Waals surface area (Å²) in [5.41, 5.74) is 0. The number of hydrogen-bond acceptors (Lipinski definition) is 0. The van der Waals surface area contributed by atoms with Crippen LogP contribution < -0.4 is 0 Å². The van der Waals surface area contributed by atoms with Crippen LogP contribution in [0.5, 0.6) is 0 Å². The Morgan fingerprint density at radius 2 is 0.833 bits per heavy atom. The molecule has 0 heterocycles. The fraction of sp³-hybridized carbons (Fsp3) is 1.00. The van der Waals surface area contributed by atoms with Crippen LogP contribution in [0.25, 0.3) is 4.65 Å². The molecule has 0 rings (SSSR count). The second-order valence-electron chi connectivity index (χ2n) is 4.45. The first-order valence-electron chi connectivity index (χ1n) is 3.45. The van der Waals surface area contributed by atoms with Crippen molar-refractivity contribution >= 4 is 41.3 Å². The Balaban J connectivity index is -0.000000107. The number of nitrogens with zero attached hydrogens (tertiary/aromatic N) is 1. The molecule has 0 N–H and O–H groups in total. The molecule has 0 saturated heterocycles. The fourth-order valence-corrected chi connectivity index (χ4v) is 9.06. The summed E-state index contributed by atoms with van der Waals surface area (Å²) in [5.74, 6) is 0. The molecule has 0 spiro atoms. The molecular formula is C6H20Cl2NSi2Zr-. The van der Waals surface area contributed by atoms with E-state index in [1.165, 1.54) is 0 Å². The molecule has 0 saturated carbocycles. The third-order valence-corrected chi connectivity index (χ3v) is 6.04. The first kappa shape index (κ1) is 23.6. The third-order valence-electron chi connectivity index (χ3n) is 0.671. The van der Waals surface area contributed by atoms with Crippen LogP contribution in [0, 0.1) is 0 Å². The first-order chi connectivity index (χ1) is 3.71. The van der Waals surface area contributed by atoms with Gasteiger partial charge in [0, 0.05) is 26.2 Å². The van der Waals surface area contributed by atoms with Crippen molar-refractivity contribution in [2.45, 2.75) is 39.3 Å². The van der Waals surface area contributed by atoms with E-state index in [0.29, 0.717) is 0 Å². The molecule has 0 atom stereocenters. The minimum absolute atomic E-state index is 0. The smallest absolute Gasteiger partial charge is 0 e. The van der Waals surface area contributed by atoms with Gasteiger partial charge in [0.15, 0.2) is 0 Å². The Morgan fingerprint density at radius 1 is 0.667 bits per heavy atom. The molecule has 0 bridgehead atoms. The van der Waals surface area contributed by atoms with Crippen LogP contribution in [-0.4, -0.2) is 16.5 Å². The van der Waals surface area contributed by atoms with Crippen molar-refractivity contribution in [3.05, 3.63) is 4.65 Å². The van der Waals surface area contributed by atoms with Crippen molar-refractivity contribution in [1.29, 1.82) is 0 Å². The predicted octanol–water partition coefficient (Wildman–Crippen LogP) is 3.87. The van der Waals surface area contributed by atoms with Crippen LogP contribution in [0.1, 0.15) is 0 Å². The first-order valence-corrected chi connectivity index (χ1v) is 10.3. The van der Waals surface area contributed by atoms with Crippen LogP contribution in [-0.2, 0) is 26.2 Å². The second-order valence-corrected chi connectivity index (χ2v) is 14.0. The summed E-state index contributed by atoms with van der Waals surface area (Å²) in [6, 6.07) is 0. The average molecular weight is 325 g/mol. The van der Waals surface area contributed by atoms with Gasteiger partial charge in [-0.25, -0.2) is 0 Å². The van der Waals surface area contributed by atoms with E-state index < -0.39 is 16.5 Å². The van der Waals surface area contributed by atoms with Crippen LogP contribution >= 0.6 is 24.8 Å². The second kappa shape index (κ2) is 8.19. The summed E-state index contributed by atoms with van der Waals surface area (Å²) < 4.78 is 4.82. The molecule has 12 heavy (non-hydrogen) atoms. The quantitative estimate of drug-likeness (QED) is 0.685. The van der Waals surface area contributed by atoms with Gasteiger partial charge < -0.3 is 4.65 Å². The zero-order valence-electron chi connectivity index (χ0n) is 8.76. The molecule has 0 aliphatic carbocycles. The number of hydrogen-bond donors (Lipinski definition) is 0. The molecular weight excluding hydrogens is 304 g/mol. The molecule has 0 aliphatic rings. The van der Waals surface area contributed by atoms with Gasteiger partial charge >= 0.3 is 0 Å². The molecule has 0 fully saturated rings. The van der Waals surface area contributed by atoms with Crippen LogP contribution in [0.3, 0.4) is 0 Å². The van der Waals surface area contributed by atoms with Gasteiger partial charge in [0.25, 0.3) is 0 Å². The van der Waals surface area contributed by atoms with Crippen molar-refractivity contribution in [2.24, 2.45) is 0 Å². The number of halogens is 2. The molecule has 0 amide bonds. The Hall–Kier alpha value is 1.86. The Morgan fingerprint density at radius 3 is 0.833 bits per heavy atom. The molecule has 0 aromatic heterocycles. The van der Waals surface area contributed by atoms with Crippen LogP contribution in [0.4, 0.5) is 0 Å². The van der Waals surface area contributed by atoms with E-state index in [1.807, 2.05) is 0 Å². The van der Waals surface area contributed by atoms with Crippen molar-refractivity contribution < 1.29 is 26.2 Å². The molecule has 76 valence electrons. The maximum absolute atomic E-state index is 4.82. The zero-order chi connectivity index (χ0) is 7.71. The van der Waals surface area contributed by atoms with Gasteiger partial charge in [-0.15, -0.1) is 24.8 Å². The average Bonchev–Trinajstić information content (AvgIpc) is 1.14. The molecule has 0 radical (unpaired) electrons. The van der Waals surface area contributed by atoms with E-state index in [4.69, 9.17) is 4.65 Å². The molecule has 0 unspecified atom stereocenters. The van der Waals surface area contributed by atoms with E-state index in [1.54, 1.807) is 0 Å². The van der Waals surface area contributed by atoms with E-state index in [-0.39, 0.29) is 51.0 Å². The van der Waals surface area contributed by atoms with E-state index >= 15 is 0 Å². The van der Waals surface area contributed by atoms with Gasteiger partial charge in [0.05, 0.1) is 0 Å². The number of rotatable bonds is 2. The van der Waals surface area contributed by atoms with E-state index in [2.05, 4.69) is 39.3 Å². The van der Waals surface area contributed by atoms with Gasteiger partial charge in [-0.3, -0.25) is 0 Å². The predicted molar refractivity (Wildman–Crippen MR) is 64.5 cm³/mol. The topological polar surface area (TPSA) is 14.1 Å². The maximum atomic E-state index is 4.82. The van der Waals surface area contributed by atoms with Crippen molar-refractivity contribution in [1.82, 2.24) is 0 Å². The summed E-state index contributed by atoms with van der Waals surface area (Å²) in [4.78, 5) is 0. The summed E-state index contributed by atoms with van der Waals surface area (Å²) in [7, 11) is -2.21. The molecule has 0 aromatic rings. The zero-order valence-corrected chi connectivity index (χ0v) is 14.9. The van der Waals surface area contributed by atoms with Crippen molar-refractivity contribution in [3.63, 3.8) is 0 Å². The van der Waals surface area contributed by atoms with Gasteiger partial charge in [-0.05, 0) is 0 Å². The van der Waals surface area contributed by atoms with Crippen LogP contribution in [0.2, 0.25) is 39.3 Å². The summed E-state index contributed by atoms with van der Waals surface area (Å²) >= 11 is 0. The maximum Gasteiger partial charge on any atom is 0 e. The largest absolute Gasteiger partial charge is 0.668 e. The van der Waals surface area contributed by atoms with E-state index in [9.17, 15) is 0 Å². The minimum Gasteiger partial charge on any atom is -0.668 e. The summed E-state index contributed by atoms with van der Waals surface area (Å²) in [6.45, 7) is 13.8. The monoisotopic (exact) mass is 322 g/mol. The van der Waals surface area contributed by atoms with Gasteiger partial charge in [0.2, 0.25) is 0 Å². The van der Waals surface area contributed by atoms with E-state index in [0.717, 1.165) is 0 Å². The normalized spacial score (nSPS) is 10.5. The minimum atomic E-state index is -1.11. The Kier molecular flexibility index (Phi) is 16.1. The van der Waals surface area contributed by atoms with Gasteiger partial charge in [-0.2, -0.15) is 0 Å². The van der Waals surface area contributed by atoms with Gasteiger partial charge in [0.1, 0.15) is 0 Å². The van der Waals surface area contributed by atoms with Gasteiger partial charge in [-0.1, -0.05) is 55.8 Å². The fourth-order valence-electron chi connectivity index (χ4n) is 1.01. The van der Waals surface area contributed by atoms with Crippen molar-refractivity contribution in [3.8, 4) is 0 Å². The summed E-state index contributed by atoms with van der Waals surface area (Å²) in [6.07, 6.45) is 0. The molecule has 0 aliphatic heterocycles. The Labute approximate surface area is 111 Å². The standard InChI is InChI=1S/C6H18NSi2.2ClH.Zr/c1-8(2,3)7-9(4,5)6;;;/h1-6H3;2*1H;/q-1;;;. The van der Waals surface area contributed by atoms with Crippen LogP contribution in [0.15, 0.2) is 0 Å². The summed E-state index contributed by atoms with van der Waals surface area (Å²) in [5, 5.41) is 0. The molecule has 1 nitrogen and oxygen atoms in total. The molecule has 0 aromatic carbocycles. The van der Waals surface area contributed by atoms with Crippen molar-refractivity contribution in [2.75, 3.05) is 0 Å². The Bertz CT molecular complexity index is 88.7. The molecule has 6 heteroatoms.